The molecular formula is C13H20O. The predicted octanol–water partition coefficient (Wildman–Crippen LogP) is 3.17. The van der Waals surface area contributed by atoms with Crippen LogP contribution in [0.25, 0.3) is 0 Å². The van der Waals surface area contributed by atoms with Crippen molar-refractivity contribution < 1.29 is 5.11 Å². The molecule has 0 heterocycles. The Morgan fingerprint density at radius 3 is 2.29 bits per heavy atom. The van der Waals surface area contributed by atoms with Gasteiger partial charge in [-0.15, -0.1) is 0 Å². The Morgan fingerprint density at radius 2 is 1.79 bits per heavy atom. The van der Waals surface area contributed by atoms with Crippen molar-refractivity contribution in [3.05, 3.63) is 34.9 Å². The summed E-state index contributed by atoms with van der Waals surface area (Å²) in [4.78, 5) is 0. The van der Waals surface area contributed by atoms with Crippen LogP contribution in [-0.2, 0) is 5.60 Å². The van der Waals surface area contributed by atoms with Gasteiger partial charge in [0.05, 0.1) is 5.60 Å². The lowest BCUT2D eigenvalue weighted by Crippen LogP contribution is -2.29. The Hall–Kier alpha value is -0.820. The van der Waals surface area contributed by atoms with Crippen LogP contribution in [0.15, 0.2) is 18.2 Å². The van der Waals surface area contributed by atoms with E-state index in [0.717, 1.165) is 11.1 Å². The molecule has 0 saturated carbocycles. The van der Waals surface area contributed by atoms with Crippen molar-refractivity contribution in [2.24, 2.45) is 5.92 Å². The van der Waals surface area contributed by atoms with Crippen LogP contribution in [0.4, 0.5) is 0 Å². The van der Waals surface area contributed by atoms with Gasteiger partial charge in [0.1, 0.15) is 0 Å². The van der Waals surface area contributed by atoms with Crippen molar-refractivity contribution in [3.63, 3.8) is 0 Å². The first kappa shape index (κ1) is 11.3. The van der Waals surface area contributed by atoms with E-state index in [4.69, 9.17) is 0 Å². The van der Waals surface area contributed by atoms with E-state index in [9.17, 15) is 5.11 Å². The van der Waals surface area contributed by atoms with Crippen LogP contribution in [0, 0.1) is 19.8 Å². The average molecular weight is 192 g/mol. The molecule has 0 aliphatic heterocycles. The van der Waals surface area contributed by atoms with E-state index in [2.05, 4.69) is 25.1 Å². The van der Waals surface area contributed by atoms with E-state index in [1.165, 1.54) is 5.56 Å². The van der Waals surface area contributed by atoms with Gasteiger partial charge in [-0.3, -0.25) is 0 Å². The fraction of sp³-hybridized carbons (Fsp3) is 0.538. The minimum Gasteiger partial charge on any atom is -0.385 e. The number of hydrogen-bond donors (Lipinski definition) is 1. The van der Waals surface area contributed by atoms with E-state index in [-0.39, 0.29) is 5.92 Å². The van der Waals surface area contributed by atoms with Crippen LogP contribution in [0.2, 0.25) is 0 Å². The van der Waals surface area contributed by atoms with Gasteiger partial charge in [0, 0.05) is 0 Å². The maximum Gasteiger partial charge on any atom is 0.0893 e. The Morgan fingerprint density at radius 1 is 1.21 bits per heavy atom. The van der Waals surface area contributed by atoms with Crippen molar-refractivity contribution in [1.82, 2.24) is 0 Å². The summed E-state index contributed by atoms with van der Waals surface area (Å²) in [5, 5.41) is 10.4. The fourth-order valence-corrected chi connectivity index (χ4v) is 1.59. The molecule has 1 N–H and O–H groups in total. The number of benzene rings is 1. The summed E-state index contributed by atoms with van der Waals surface area (Å²) in [7, 11) is 0. The number of rotatable bonds is 2. The highest BCUT2D eigenvalue weighted by Crippen LogP contribution is 2.31. The molecule has 0 radical (unpaired) electrons. The lowest BCUT2D eigenvalue weighted by atomic mass is 9.82. The summed E-state index contributed by atoms with van der Waals surface area (Å²) < 4.78 is 0. The minimum atomic E-state index is -0.726. The van der Waals surface area contributed by atoms with Gasteiger partial charge in [0.25, 0.3) is 0 Å². The summed E-state index contributed by atoms with van der Waals surface area (Å²) in [6, 6.07) is 6.23. The highest BCUT2D eigenvalue weighted by molar-refractivity contribution is 5.34. The molecule has 1 aromatic rings. The predicted molar refractivity (Wildman–Crippen MR) is 60.3 cm³/mol. The molecule has 14 heavy (non-hydrogen) atoms. The van der Waals surface area contributed by atoms with Gasteiger partial charge in [-0.1, -0.05) is 37.6 Å². The van der Waals surface area contributed by atoms with Gasteiger partial charge in [-0.2, -0.15) is 0 Å². The summed E-state index contributed by atoms with van der Waals surface area (Å²) >= 11 is 0. The zero-order valence-corrected chi connectivity index (χ0v) is 9.76. The van der Waals surface area contributed by atoms with Crippen molar-refractivity contribution in [1.29, 1.82) is 0 Å². The van der Waals surface area contributed by atoms with E-state index in [1.54, 1.807) is 0 Å². The molecule has 0 saturated heterocycles. The molecule has 0 aliphatic rings. The highest BCUT2D eigenvalue weighted by Gasteiger charge is 2.28. The fourth-order valence-electron chi connectivity index (χ4n) is 1.59. The Labute approximate surface area is 86.8 Å². The zero-order chi connectivity index (χ0) is 10.9. The van der Waals surface area contributed by atoms with Crippen LogP contribution < -0.4 is 0 Å². The molecule has 0 aromatic heterocycles. The maximum atomic E-state index is 10.4. The topological polar surface area (TPSA) is 20.2 Å². The molecule has 1 rings (SSSR count). The number of aryl methyl sites for hydroxylation is 2. The molecule has 0 fully saturated rings. The second-order valence-electron chi connectivity index (χ2n) is 4.62. The largest absolute Gasteiger partial charge is 0.385 e. The minimum absolute atomic E-state index is 0.225. The molecular weight excluding hydrogens is 172 g/mol. The monoisotopic (exact) mass is 192 g/mol. The molecule has 0 aliphatic carbocycles. The Balaban J connectivity index is 3.24. The molecule has 1 heteroatoms. The second-order valence-corrected chi connectivity index (χ2v) is 4.62. The quantitative estimate of drug-likeness (QED) is 0.763. The third-order valence-corrected chi connectivity index (χ3v) is 3.06. The van der Waals surface area contributed by atoms with E-state index in [0.29, 0.717) is 0 Å². The molecule has 0 spiro atoms. The molecule has 1 nitrogen and oxygen atoms in total. The van der Waals surface area contributed by atoms with Crippen LogP contribution in [-0.4, -0.2) is 5.11 Å². The second kappa shape index (κ2) is 3.74. The Kier molecular flexibility index (Phi) is 3.01. The van der Waals surface area contributed by atoms with Crippen molar-refractivity contribution in [2.45, 2.75) is 40.2 Å². The zero-order valence-electron chi connectivity index (χ0n) is 9.76. The van der Waals surface area contributed by atoms with Gasteiger partial charge in [-0.05, 0) is 37.8 Å². The summed E-state index contributed by atoms with van der Waals surface area (Å²) in [6.07, 6.45) is 0. The average Bonchev–Trinajstić information content (AvgIpc) is 2.08. The summed E-state index contributed by atoms with van der Waals surface area (Å²) in [5.41, 5.74) is 2.68. The molecule has 78 valence electrons. The molecule has 1 aromatic carbocycles. The first-order valence-electron chi connectivity index (χ1n) is 5.16. The maximum absolute atomic E-state index is 10.4. The first-order valence-corrected chi connectivity index (χ1v) is 5.16. The van der Waals surface area contributed by atoms with Crippen molar-refractivity contribution in [2.75, 3.05) is 0 Å². The van der Waals surface area contributed by atoms with Gasteiger partial charge >= 0.3 is 0 Å². The van der Waals surface area contributed by atoms with Crippen LogP contribution in [0.5, 0.6) is 0 Å². The van der Waals surface area contributed by atoms with E-state index in [1.807, 2.05) is 27.7 Å². The third-order valence-electron chi connectivity index (χ3n) is 3.06. The summed E-state index contributed by atoms with van der Waals surface area (Å²) in [6.45, 7) is 10.1. The van der Waals surface area contributed by atoms with E-state index >= 15 is 0 Å². The van der Waals surface area contributed by atoms with Crippen molar-refractivity contribution in [3.8, 4) is 0 Å². The number of hydrogen-bond acceptors (Lipinski definition) is 1. The standard InChI is InChI=1S/C13H20O/c1-9(2)13(5,14)12-8-10(3)6-7-11(12)4/h6-9,14H,1-5H3. The molecule has 1 atom stereocenters. The lowest BCUT2D eigenvalue weighted by molar-refractivity contribution is 0.00842. The van der Waals surface area contributed by atoms with Gasteiger partial charge in [0.2, 0.25) is 0 Å². The third kappa shape index (κ3) is 1.98. The first-order chi connectivity index (χ1) is 6.35. The molecule has 0 bridgehead atoms. The highest BCUT2D eigenvalue weighted by atomic mass is 16.3. The Bertz CT molecular complexity index is 324. The lowest BCUT2D eigenvalue weighted by Gasteiger charge is -2.30. The van der Waals surface area contributed by atoms with Gasteiger partial charge < -0.3 is 5.11 Å². The number of aliphatic hydroxyl groups is 1. The summed E-state index contributed by atoms with van der Waals surface area (Å²) in [5.74, 6) is 0.225. The van der Waals surface area contributed by atoms with Crippen LogP contribution >= 0.6 is 0 Å². The van der Waals surface area contributed by atoms with Crippen molar-refractivity contribution >= 4 is 0 Å². The van der Waals surface area contributed by atoms with Crippen LogP contribution in [0.3, 0.4) is 0 Å². The van der Waals surface area contributed by atoms with E-state index < -0.39 is 5.60 Å². The normalized spacial score (nSPS) is 15.6. The molecule has 0 amide bonds. The smallest absolute Gasteiger partial charge is 0.0893 e. The van der Waals surface area contributed by atoms with Crippen LogP contribution in [0.1, 0.15) is 37.5 Å². The van der Waals surface area contributed by atoms with Gasteiger partial charge in [0.15, 0.2) is 0 Å². The van der Waals surface area contributed by atoms with Gasteiger partial charge in [-0.25, -0.2) is 0 Å². The molecule has 1 unspecified atom stereocenters. The SMILES string of the molecule is Cc1ccc(C)c(C(C)(O)C(C)C)c1.